The van der Waals surface area contributed by atoms with Gasteiger partial charge in [-0.05, 0) is 24.5 Å². The van der Waals surface area contributed by atoms with Gasteiger partial charge in [-0.1, -0.05) is 31.2 Å². The number of carbonyl (C=O) groups is 1. The van der Waals surface area contributed by atoms with Crippen molar-refractivity contribution >= 4 is 5.78 Å². The maximum absolute atomic E-state index is 11.4. The zero-order valence-corrected chi connectivity index (χ0v) is 9.69. The molecular formula is C14H16O2. The standard InChI is InChI=1S/C14H16O2/c1-3-11-4-6-12(7-5-11)14(2)10-13(15)8-9-16-14/h4-9H,3,10H2,1-2H3. The van der Waals surface area contributed by atoms with E-state index in [0.717, 1.165) is 12.0 Å². The Hall–Kier alpha value is -1.57. The van der Waals surface area contributed by atoms with Crippen molar-refractivity contribution in [3.05, 3.63) is 47.7 Å². The fraction of sp³-hybridized carbons (Fsp3) is 0.357. The van der Waals surface area contributed by atoms with Crippen molar-refractivity contribution in [2.45, 2.75) is 32.3 Å². The van der Waals surface area contributed by atoms with Crippen LogP contribution in [-0.2, 0) is 21.6 Å². The molecule has 1 unspecified atom stereocenters. The van der Waals surface area contributed by atoms with E-state index in [1.165, 1.54) is 17.9 Å². The quantitative estimate of drug-likeness (QED) is 0.759. The summed E-state index contributed by atoms with van der Waals surface area (Å²) in [4.78, 5) is 11.4. The largest absolute Gasteiger partial charge is 0.490 e. The molecular weight excluding hydrogens is 200 g/mol. The zero-order chi connectivity index (χ0) is 11.6. The number of hydrogen-bond acceptors (Lipinski definition) is 2. The van der Waals surface area contributed by atoms with Crippen molar-refractivity contribution in [1.29, 1.82) is 0 Å². The van der Waals surface area contributed by atoms with Gasteiger partial charge in [0, 0.05) is 6.08 Å². The normalized spacial score (nSPS) is 24.2. The third kappa shape index (κ3) is 2.01. The Morgan fingerprint density at radius 1 is 1.31 bits per heavy atom. The van der Waals surface area contributed by atoms with Gasteiger partial charge in [0.15, 0.2) is 5.78 Å². The van der Waals surface area contributed by atoms with Gasteiger partial charge < -0.3 is 4.74 Å². The van der Waals surface area contributed by atoms with Crippen LogP contribution >= 0.6 is 0 Å². The van der Waals surface area contributed by atoms with Gasteiger partial charge in [-0.25, -0.2) is 0 Å². The molecule has 1 aliphatic heterocycles. The summed E-state index contributed by atoms with van der Waals surface area (Å²) < 4.78 is 5.59. The molecule has 0 saturated carbocycles. The zero-order valence-electron chi connectivity index (χ0n) is 9.69. The van der Waals surface area contributed by atoms with Gasteiger partial charge in [0.25, 0.3) is 0 Å². The smallest absolute Gasteiger partial charge is 0.163 e. The Kier molecular flexibility index (Phi) is 2.82. The van der Waals surface area contributed by atoms with E-state index in [9.17, 15) is 4.79 Å². The number of benzene rings is 1. The average molecular weight is 216 g/mol. The second kappa shape index (κ2) is 4.12. The molecule has 2 nitrogen and oxygen atoms in total. The summed E-state index contributed by atoms with van der Waals surface area (Å²) in [5.74, 6) is 0.119. The summed E-state index contributed by atoms with van der Waals surface area (Å²) in [5, 5.41) is 0. The Morgan fingerprint density at radius 3 is 2.56 bits per heavy atom. The molecule has 0 spiro atoms. The first-order chi connectivity index (χ1) is 7.64. The van der Waals surface area contributed by atoms with Gasteiger partial charge in [-0.3, -0.25) is 4.79 Å². The lowest BCUT2D eigenvalue weighted by Gasteiger charge is -2.31. The van der Waals surface area contributed by atoms with Crippen LogP contribution in [0.2, 0.25) is 0 Å². The fourth-order valence-electron chi connectivity index (χ4n) is 1.96. The summed E-state index contributed by atoms with van der Waals surface area (Å²) in [6.45, 7) is 4.08. The first-order valence-electron chi connectivity index (χ1n) is 5.61. The topological polar surface area (TPSA) is 26.3 Å². The number of hydrogen-bond donors (Lipinski definition) is 0. The molecule has 0 aromatic heterocycles. The van der Waals surface area contributed by atoms with Crippen molar-refractivity contribution in [2.24, 2.45) is 0 Å². The maximum atomic E-state index is 11.4. The number of ketones is 1. The molecule has 0 fully saturated rings. The van der Waals surface area contributed by atoms with Gasteiger partial charge in [0.1, 0.15) is 5.60 Å². The molecule has 1 atom stereocenters. The van der Waals surface area contributed by atoms with Gasteiger partial charge in [0.2, 0.25) is 0 Å². The van der Waals surface area contributed by atoms with Crippen molar-refractivity contribution < 1.29 is 9.53 Å². The van der Waals surface area contributed by atoms with Crippen molar-refractivity contribution in [1.82, 2.24) is 0 Å². The highest BCUT2D eigenvalue weighted by Crippen LogP contribution is 2.32. The van der Waals surface area contributed by atoms with Crippen LogP contribution in [0.1, 0.15) is 31.4 Å². The lowest BCUT2D eigenvalue weighted by atomic mass is 9.88. The summed E-state index contributed by atoms with van der Waals surface area (Å²) in [6.07, 6.45) is 4.42. The highest BCUT2D eigenvalue weighted by Gasteiger charge is 2.32. The van der Waals surface area contributed by atoms with Crippen LogP contribution in [0, 0.1) is 0 Å². The third-order valence-electron chi connectivity index (χ3n) is 3.07. The second-order valence-electron chi connectivity index (χ2n) is 4.35. The summed E-state index contributed by atoms with van der Waals surface area (Å²) in [6, 6.07) is 8.27. The minimum Gasteiger partial charge on any atom is -0.490 e. The van der Waals surface area contributed by atoms with Gasteiger partial charge in [0.05, 0.1) is 12.7 Å². The molecule has 16 heavy (non-hydrogen) atoms. The first kappa shape index (κ1) is 10.9. The summed E-state index contributed by atoms with van der Waals surface area (Å²) in [7, 11) is 0. The SMILES string of the molecule is CCc1ccc(C2(C)CC(=O)C=CO2)cc1. The number of rotatable bonds is 2. The Bertz CT molecular complexity index is 417. The molecule has 2 rings (SSSR count). The summed E-state index contributed by atoms with van der Waals surface area (Å²) >= 11 is 0. The molecule has 0 radical (unpaired) electrons. The summed E-state index contributed by atoms with van der Waals surface area (Å²) in [5.41, 5.74) is 1.85. The van der Waals surface area contributed by atoms with Crippen LogP contribution < -0.4 is 0 Å². The van der Waals surface area contributed by atoms with Crippen LogP contribution in [0.5, 0.6) is 0 Å². The highest BCUT2D eigenvalue weighted by molar-refractivity contribution is 5.91. The molecule has 0 N–H and O–H groups in total. The molecule has 0 aliphatic carbocycles. The molecule has 1 aromatic carbocycles. The van der Waals surface area contributed by atoms with Crippen LogP contribution in [0.15, 0.2) is 36.6 Å². The fourth-order valence-corrected chi connectivity index (χ4v) is 1.96. The predicted molar refractivity (Wildman–Crippen MR) is 63.0 cm³/mol. The Balaban J connectivity index is 2.28. The minimum absolute atomic E-state index is 0.119. The lowest BCUT2D eigenvalue weighted by Crippen LogP contribution is -2.29. The van der Waals surface area contributed by atoms with Crippen molar-refractivity contribution in [3.63, 3.8) is 0 Å². The van der Waals surface area contributed by atoms with E-state index in [2.05, 4.69) is 19.1 Å². The van der Waals surface area contributed by atoms with E-state index in [4.69, 9.17) is 4.74 Å². The predicted octanol–water partition coefficient (Wildman–Crippen LogP) is 2.97. The van der Waals surface area contributed by atoms with Crippen molar-refractivity contribution in [3.8, 4) is 0 Å². The average Bonchev–Trinajstić information content (AvgIpc) is 2.29. The van der Waals surface area contributed by atoms with Gasteiger partial charge in [-0.15, -0.1) is 0 Å². The van der Waals surface area contributed by atoms with Crippen molar-refractivity contribution in [2.75, 3.05) is 0 Å². The Labute approximate surface area is 95.9 Å². The van der Waals surface area contributed by atoms with E-state index in [-0.39, 0.29) is 5.78 Å². The molecule has 0 amide bonds. The Morgan fingerprint density at radius 2 is 2.00 bits per heavy atom. The van der Waals surface area contributed by atoms with Crippen LogP contribution in [0.3, 0.4) is 0 Å². The number of allylic oxidation sites excluding steroid dienone is 1. The van der Waals surface area contributed by atoms with Gasteiger partial charge >= 0.3 is 0 Å². The third-order valence-corrected chi connectivity index (χ3v) is 3.07. The van der Waals surface area contributed by atoms with Crippen LogP contribution in [-0.4, -0.2) is 5.78 Å². The van der Waals surface area contributed by atoms with E-state index < -0.39 is 5.60 Å². The molecule has 84 valence electrons. The number of aryl methyl sites for hydroxylation is 1. The number of carbonyl (C=O) groups excluding carboxylic acids is 1. The lowest BCUT2D eigenvalue weighted by molar-refractivity contribution is -0.122. The molecule has 1 heterocycles. The van der Waals surface area contributed by atoms with E-state index in [0.29, 0.717) is 6.42 Å². The van der Waals surface area contributed by atoms with Crippen LogP contribution in [0.4, 0.5) is 0 Å². The highest BCUT2D eigenvalue weighted by atomic mass is 16.5. The molecule has 1 aliphatic rings. The van der Waals surface area contributed by atoms with Gasteiger partial charge in [-0.2, -0.15) is 0 Å². The molecule has 2 heteroatoms. The maximum Gasteiger partial charge on any atom is 0.163 e. The minimum atomic E-state index is -0.502. The second-order valence-corrected chi connectivity index (χ2v) is 4.35. The molecule has 0 saturated heterocycles. The van der Waals surface area contributed by atoms with E-state index in [1.54, 1.807) is 0 Å². The van der Waals surface area contributed by atoms with E-state index >= 15 is 0 Å². The monoisotopic (exact) mass is 216 g/mol. The first-order valence-corrected chi connectivity index (χ1v) is 5.61. The van der Waals surface area contributed by atoms with Crippen LogP contribution in [0.25, 0.3) is 0 Å². The molecule has 1 aromatic rings. The van der Waals surface area contributed by atoms with E-state index in [1.807, 2.05) is 19.1 Å². The number of ether oxygens (including phenoxy) is 1. The molecule has 0 bridgehead atoms.